The van der Waals surface area contributed by atoms with Crippen molar-refractivity contribution in [2.45, 2.75) is 0 Å². The Bertz CT molecular complexity index is 118. The number of hydrogen-bond acceptors (Lipinski definition) is 3. The van der Waals surface area contributed by atoms with E-state index in [0.29, 0.717) is 0 Å². The third-order valence-electron chi connectivity index (χ3n) is 0. The SMILES string of the molecule is [Ca+2].[H-].[H-].[O]=[Cr](=[O])([OH])[OH].[O]=[Cu].[Y]. The minimum Gasteiger partial charge on any atom is 0 e. The van der Waals surface area contributed by atoms with Crippen LogP contribution in [0.25, 0.3) is 0 Å². The quantitative estimate of drug-likeness (QED) is 0.521. The van der Waals surface area contributed by atoms with Crippen molar-refractivity contribution in [3.63, 3.8) is 0 Å². The molecule has 0 aromatic rings. The zero-order valence-electron chi connectivity index (χ0n) is 6.11. The average Bonchev–Trinajstić information content (AvgIpc) is 1.36. The molecule has 0 saturated carbocycles. The fourth-order valence-corrected chi connectivity index (χ4v) is 0. The van der Waals surface area contributed by atoms with Gasteiger partial charge in [0.1, 0.15) is 0 Å². The fourth-order valence-electron chi connectivity index (χ4n) is 0. The summed E-state index contributed by atoms with van der Waals surface area (Å²) in [6, 6.07) is 0. The van der Waals surface area contributed by atoms with Gasteiger partial charge >= 0.3 is 87.1 Å². The molecule has 0 unspecified atom stereocenters. The topological polar surface area (TPSA) is 91.7 Å². The Morgan fingerprint density at radius 3 is 1.22 bits per heavy atom. The van der Waals surface area contributed by atoms with Crippen LogP contribution in [-0.4, -0.2) is 46.1 Å². The first-order valence-corrected chi connectivity index (χ1v) is 3.39. The van der Waals surface area contributed by atoms with Gasteiger partial charge in [0, 0.05) is 32.7 Å². The van der Waals surface area contributed by atoms with Crippen molar-refractivity contribution in [2.24, 2.45) is 0 Å². The minimum absolute atomic E-state index is 0. The predicted molar refractivity (Wildman–Crippen MR) is 14.5 cm³/mol. The second-order valence-electron chi connectivity index (χ2n) is 0.448. The summed E-state index contributed by atoms with van der Waals surface area (Å²) in [5.74, 6) is 0. The molecule has 0 aromatic heterocycles. The molecule has 0 amide bonds. The van der Waals surface area contributed by atoms with Crippen molar-refractivity contribution in [1.29, 1.82) is 0 Å². The van der Waals surface area contributed by atoms with Crippen molar-refractivity contribution in [3.05, 3.63) is 0 Å². The summed E-state index contributed by atoms with van der Waals surface area (Å²) in [5, 5.41) is 0. The summed E-state index contributed by atoms with van der Waals surface area (Å²) in [6.07, 6.45) is 0. The zero-order valence-corrected chi connectivity index (χ0v) is 11.4. The van der Waals surface area contributed by atoms with Crippen LogP contribution in [0.4, 0.5) is 0 Å². The van der Waals surface area contributed by atoms with Crippen molar-refractivity contribution in [3.8, 4) is 0 Å². The van der Waals surface area contributed by atoms with Gasteiger partial charge in [-0.3, -0.25) is 0 Å². The van der Waals surface area contributed by atoms with E-state index in [2.05, 4.69) is 15.9 Å². The van der Waals surface area contributed by atoms with Gasteiger partial charge in [-0.1, -0.05) is 0 Å². The smallest absolute Gasteiger partial charge is 0 e. The first-order chi connectivity index (χ1) is 3.00. The van der Waals surface area contributed by atoms with E-state index in [9.17, 15) is 0 Å². The fraction of sp³-hybridized carbons (Fsp3) is 0. The minimum atomic E-state index is -5.25. The second kappa shape index (κ2) is 13.3. The van der Waals surface area contributed by atoms with Crippen molar-refractivity contribution < 1.29 is 84.9 Å². The molecule has 2 N–H and O–H groups in total. The van der Waals surface area contributed by atoms with Gasteiger partial charge < -0.3 is 2.85 Å². The van der Waals surface area contributed by atoms with E-state index in [0.717, 1.165) is 0 Å². The molecule has 9 heavy (non-hydrogen) atoms. The van der Waals surface area contributed by atoms with Crippen LogP contribution in [-0.2, 0) is 73.7 Å². The van der Waals surface area contributed by atoms with E-state index >= 15 is 0 Å². The number of hydrogen-bond donors (Lipinski definition) is 2. The second-order valence-corrected chi connectivity index (χ2v) is 1.85. The summed E-state index contributed by atoms with van der Waals surface area (Å²) in [4.78, 5) is 0. The Balaban J connectivity index is -0.00000000972. The van der Waals surface area contributed by atoms with Crippen LogP contribution in [0.15, 0.2) is 0 Å². The largest absolute Gasteiger partial charge is 0 e. The Kier molecular flexibility index (Phi) is 33.5. The van der Waals surface area contributed by atoms with E-state index in [1.54, 1.807) is 0 Å². The van der Waals surface area contributed by atoms with Gasteiger partial charge in [0.25, 0.3) is 0 Å². The Morgan fingerprint density at radius 1 is 1.22 bits per heavy atom. The van der Waals surface area contributed by atoms with Crippen molar-refractivity contribution in [1.82, 2.24) is 0 Å². The maximum absolute atomic E-state index is 8.82. The Hall–Kier alpha value is 2.74. The van der Waals surface area contributed by atoms with Gasteiger partial charge in [-0.05, 0) is 0 Å². The standard InChI is InChI=1S/Ca.Cr.Cu.2H2O.3O.Y.2H/h;;;2*1H2;;;;;;/q2*+2;;;;;;;;2*-1/p-2. The molecule has 0 bridgehead atoms. The number of rotatable bonds is 0. The Morgan fingerprint density at radius 2 is 1.22 bits per heavy atom. The predicted octanol–water partition coefficient (Wildman–Crippen LogP) is -1.63. The third kappa shape index (κ3) is 109. The molecule has 56 valence electrons. The zero-order chi connectivity index (χ0) is 6.50. The molecule has 0 aromatic carbocycles. The summed E-state index contributed by atoms with van der Waals surface area (Å²) < 4.78 is 39.7. The summed E-state index contributed by atoms with van der Waals surface area (Å²) in [7, 11) is 0. The van der Waals surface area contributed by atoms with Gasteiger partial charge in [-0.15, -0.1) is 0 Å². The first-order valence-electron chi connectivity index (χ1n) is 0.822. The summed E-state index contributed by atoms with van der Waals surface area (Å²) >= 11 is -2.31. The van der Waals surface area contributed by atoms with E-state index in [1.807, 2.05) is 0 Å². The molecular formula is H4CaCrCuO5Y. The average molecular weight is 329 g/mol. The van der Waals surface area contributed by atoms with Crippen LogP contribution in [0, 0.1) is 0 Å². The van der Waals surface area contributed by atoms with Gasteiger partial charge in [0.15, 0.2) is 0 Å². The summed E-state index contributed by atoms with van der Waals surface area (Å²) in [6.45, 7) is 0. The van der Waals surface area contributed by atoms with Crippen LogP contribution in [0.5, 0.6) is 0 Å². The third-order valence-corrected chi connectivity index (χ3v) is 0. The van der Waals surface area contributed by atoms with Gasteiger partial charge in [0.2, 0.25) is 0 Å². The molecule has 0 aliphatic heterocycles. The maximum Gasteiger partial charge on any atom is 0 e. The molecule has 0 spiro atoms. The normalized spacial score (nSPS) is 7.11. The molecule has 1 radical (unpaired) electrons. The molecule has 0 saturated heterocycles. The monoisotopic (exact) mass is 328 g/mol. The van der Waals surface area contributed by atoms with Gasteiger partial charge in [-0.2, -0.15) is 0 Å². The van der Waals surface area contributed by atoms with Crippen molar-refractivity contribution >= 4 is 37.7 Å². The van der Waals surface area contributed by atoms with Crippen LogP contribution in [0.1, 0.15) is 2.85 Å². The van der Waals surface area contributed by atoms with Crippen LogP contribution < -0.4 is 0 Å². The maximum atomic E-state index is 8.82. The first kappa shape index (κ1) is 22.6. The molecule has 0 aliphatic rings. The van der Waals surface area contributed by atoms with Crippen molar-refractivity contribution in [2.75, 3.05) is 0 Å². The van der Waals surface area contributed by atoms with Gasteiger partial charge in [-0.25, -0.2) is 0 Å². The molecule has 0 atom stereocenters. The molecule has 0 rings (SSSR count). The molecule has 0 heterocycles. The molecule has 0 aliphatic carbocycles. The molecule has 0 fully saturated rings. The summed E-state index contributed by atoms with van der Waals surface area (Å²) in [5.41, 5.74) is 0. The van der Waals surface area contributed by atoms with E-state index < -0.39 is 13.6 Å². The Labute approximate surface area is 120 Å². The van der Waals surface area contributed by atoms with E-state index in [4.69, 9.17) is 19.8 Å². The molecule has 5 nitrogen and oxygen atoms in total. The van der Waals surface area contributed by atoms with E-state index in [1.165, 1.54) is 0 Å². The molecule has 9 heteroatoms. The van der Waals surface area contributed by atoms with Crippen LogP contribution in [0.2, 0.25) is 0 Å². The van der Waals surface area contributed by atoms with E-state index in [-0.39, 0.29) is 73.3 Å². The van der Waals surface area contributed by atoms with Crippen LogP contribution in [0.3, 0.4) is 0 Å². The molecular weight excluding hydrogens is 325 g/mol. The van der Waals surface area contributed by atoms with Crippen LogP contribution >= 0.6 is 0 Å². The van der Waals surface area contributed by atoms with Gasteiger partial charge in [0.05, 0.1) is 0 Å².